The number of nitrogens with zero attached hydrogens (tertiary/aromatic N) is 4. The fraction of sp³-hybridized carbons (Fsp3) is 0.375. The van der Waals surface area contributed by atoms with Gasteiger partial charge in [0.1, 0.15) is 0 Å². The molecule has 0 N–H and O–H groups in total. The molecule has 4 nitrogen and oxygen atoms in total. The van der Waals surface area contributed by atoms with E-state index >= 15 is 0 Å². The number of hydrogen-bond donors (Lipinski definition) is 0. The number of piperazine rings is 1. The molecule has 0 spiro atoms. The SMILES string of the molecule is Cc1cnc(N2CCN(c3ccccc3C)CC2)nc1. The van der Waals surface area contributed by atoms with Crippen LogP contribution in [-0.4, -0.2) is 36.1 Å². The van der Waals surface area contributed by atoms with Gasteiger partial charge in [-0.15, -0.1) is 0 Å². The van der Waals surface area contributed by atoms with E-state index in [-0.39, 0.29) is 0 Å². The van der Waals surface area contributed by atoms with E-state index in [0.717, 1.165) is 37.7 Å². The summed E-state index contributed by atoms with van der Waals surface area (Å²) in [4.78, 5) is 13.5. The summed E-state index contributed by atoms with van der Waals surface area (Å²) in [5.41, 5.74) is 3.79. The van der Waals surface area contributed by atoms with E-state index < -0.39 is 0 Å². The van der Waals surface area contributed by atoms with Gasteiger partial charge in [-0.05, 0) is 31.0 Å². The highest BCUT2D eigenvalue weighted by Gasteiger charge is 2.19. The third-order valence-electron chi connectivity index (χ3n) is 3.79. The smallest absolute Gasteiger partial charge is 0.225 e. The molecule has 1 aromatic carbocycles. The highest BCUT2D eigenvalue weighted by atomic mass is 15.3. The number of hydrogen-bond acceptors (Lipinski definition) is 4. The summed E-state index contributed by atoms with van der Waals surface area (Å²) in [6, 6.07) is 8.57. The van der Waals surface area contributed by atoms with Gasteiger partial charge in [0.2, 0.25) is 5.95 Å². The van der Waals surface area contributed by atoms with Crippen molar-refractivity contribution in [2.45, 2.75) is 13.8 Å². The number of aryl methyl sites for hydroxylation is 2. The fourth-order valence-electron chi connectivity index (χ4n) is 2.61. The van der Waals surface area contributed by atoms with Crippen LogP contribution in [0.5, 0.6) is 0 Å². The van der Waals surface area contributed by atoms with E-state index in [1.54, 1.807) is 0 Å². The molecule has 104 valence electrons. The molecular weight excluding hydrogens is 248 g/mol. The van der Waals surface area contributed by atoms with Gasteiger partial charge in [-0.1, -0.05) is 18.2 Å². The van der Waals surface area contributed by atoms with Crippen molar-refractivity contribution < 1.29 is 0 Å². The predicted octanol–water partition coefficient (Wildman–Crippen LogP) is 2.42. The minimum absolute atomic E-state index is 0.847. The van der Waals surface area contributed by atoms with Gasteiger partial charge in [0, 0.05) is 44.3 Å². The van der Waals surface area contributed by atoms with E-state index in [4.69, 9.17) is 0 Å². The van der Waals surface area contributed by atoms with Crippen molar-refractivity contribution in [3.05, 3.63) is 47.8 Å². The molecule has 1 aliphatic rings. The average molecular weight is 268 g/mol. The largest absolute Gasteiger partial charge is 0.368 e. The highest BCUT2D eigenvalue weighted by Crippen LogP contribution is 2.21. The van der Waals surface area contributed by atoms with Crippen LogP contribution in [0.2, 0.25) is 0 Å². The van der Waals surface area contributed by atoms with Crippen molar-refractivity contribution >= 4 is 11.6 Å². The Morgan fingerprint density at radius 3 is 2.10 bits per heavy atom. The maximum atomic E-state index is 4.41. The van der Waals surface area contributed by atoms with Gasteiger partial charge in [0.25, 0.3) is 0 Å². The van der Waals surface area contributed by atoms with E-state index in [9.17, 15) is 0 Å². The van der Waals surface area contributed by atoms with Gasteiger partial charge in [-0.25, -0.2) is 9.97 Å². The molecule has 2 aromatic rings. The normalized spacial score (nSPS) is 15.5. The van der Waals surface area contributed by atoms with Crippen molar-refractivity contribution in [1.82, 2.24) is 9.97 Å². The lowest BCUT2D eigenvalue weighted by Gasteiger charge is -2.36. The van der Waals surface area contributed by atoms with Crippen molar-refractivity contribution in [2.75, 3.05) is 36.0 Å². The first-order valence-electron chi connectivity index (χ1n) is 7.08. The molecule has 20 heavy (non-hydrogen) atoms. The molecule has 4 heteroatoms. The Hall–Kier alpha value is -2.10. The summed E-state index contributed by atoms with van der Waals surface area (Å²) in [5.74, 6) is 0.847. The fourth-order valence-corrected chi connectivity index (χ4v) is 2.61. The highest BCUT2D eigenvalue weighted by molar-refractivity contribution is 5.54. The lowest BCUT2D eigenvalue weighted by atomic mass is 10.1. The lowest BCUT2D eigenvalue weighted by molar-refractivity contribution is 0.638. The third kappa shape index (κ3) is 2.59. The van der Waals surface area contributed by atoms with Crippen LogP contribution in [0, 0.1) is 13.8 Å². The predicted molar refractivity (Wildman–Crippen MR) is 82.4 cm³/mol. The van der Waals surface area contributed by atoms with Crippen LogP contribution in [0.1, 0.15) is 11.1 Å². The maximum absolute atomic E-state index is 4.41. The number of rotatable bonds is 2. The van der Waals surface area contributed by atoms with Crippen molar-refractivity contribution in [2.24, 2.45) is 0 Å². The molecule has 0 radical (unpaired) electrons. The first-order chi connectivity index (χ1) is 9.74. The molecule has 1 aliphatic heterocycles. The minimum atomic E-state index is 0.847. The van der Waals surface area contributed by atoms with Crippen molar-refractivity contribution in [1.29, 1.82) is 0 Å². The number of para-hydroxylation sites is 1. The zero-order valence-corrected chi connectivity index (χ0v) is 12.1. The topological polar surface area (TPSA) is 32.3 Å². The van der Waals surface area contributed by atoms with Gasteiger partial charge in [-0.2, -0.15) is 0 Å². The van der Waals surface area contributed by atoms with Crippen LogP contribution in [-0.2, 0) is 0 Å². The Balaban J connectivity index is 1.68. The number of anilines is 2. The van der Waals surface area contributed by atoms with Crippen LogP contribution in [0.15, 0.2) is 36.7 Å². The van der Waals surface area contributed by atoms with Gasteiger partial charge in [0.05, 0.1) is 0 Å². The summed E-state index contributed by atoms with van der Waals surface area (Å²) in [5, 5.41) is 0. The number of benzene rings is 1. The Morgan fingerprint density at radius 1 is 0.850 bits per heavy atom. The molecule has 0 atom stereocenters. The van der Waals surface area contributed by atoms with Crippen molar-refractivity contribution in [3.63, 3.8) is 0 Å². The molecule has 2 heterocycles. The van der Waals surface area contributed by atoms with Crippen LogP contribution in [0.3, 0.4) is 0 Å². The second-order valence-electron chi connectivity index (χ2n) is 5.32. The molecule has 1 fully saturated rings. The molecule has 0 amide bonds. The summed E-state index contributed by atoms with van der Waals surface area (Å²) >= 11 is 0. The van der Waals surface area contributed by atoms with Crippen molar-refractivity contribution in [3.8, 4) is 0 Å². The molecule has 3 rings (SSSR count). The van der Waals surface area contributed by atoms with Crippen LogP contribution < -0.4 is 9.80 Å². The summed E-state index contributed by atoms with van der Waals surface area (Å²) < 4.78 is 0. The van der Waals surface area contributed by atoms with Gasteiger partial charge >= 0.3 is 0 Å². The van der Waals surface area contributed by atoms with Gasteiger partial charge in [-0.3, -0.25) is 0 Å². The Labute approximate surface area is 120 Å². The van der Waals surface area contributed by atoms with Crippen LogP contribution in [0.4, 0.5) is 11.6 Å². The standard InChI is InChI=1S/C16H20N4/c1-13-11-17-16(18-12-13)20-9-7-19(8-10-20)15-6-4-3-5-14(15)2/h3-6,11-12H,7-10H2,1-2H3. The second-order valence-corrected chi connectivity index (χ2v) is 5.32. The second kappa shape index (κ2) is 5.49. The summed E-state index contributed by atoms with van der Waals surface area (Å²) in [6.45, 7) is 8.16. The Kier molecular flexibility index (Phi) is 3.54. The molecule has 0 bridgehead atoms. The molecule has 1 aromatic heterocycles. The molecule has 0 unspecified atom stereocenters. The first kappa shape index (κ1) is 12.9. The maximum Gasteiger partial charge on any atom is 0.225 e. The van der Waals surface area contributed by atoms with E-state index in [0.29, 0.717) is 0 Å². The quantitative estimate of drug-likeness (QED) is 0.837. The average Bonchev–Trinajstić information content (AvgIpc) is 2.49. The Bertz CT molecular complexity index is 571. The monoisotopic (exact) mass is 268 g/mol. The molecular formula is C16H20N4. The zero-order chi connectivity index (χ0) is 13.9. The Morgan fingerprint density at radius 2 is 1.45 bits per heavy atom. The zero-order valence-electron chi connectivity index (χ0n) is 12.1. The van der Waals surface area contributed by atoms with Gasteiger partial charge < -0.3 is 9.80 Å². The minimum Gasteiger partial charge on any atom is -0.368 e. The van der Waals surface area contributed by atoms with E-state index in [1.807, 2.05) is 19.3 Å². The lowest BCUT2D eigenvalue weighted by Crippen LogP contribution is -2.47. The molecule has 1 saturated heterocycles. The molecule has 0 aliphatic carbocycles. The van der Waals surface area contributed by atoms with E-state index in [2.05, 4.69) is 51.0 Å². The van der Waals surface area contributed by atoms with Crippen LogP contribution >= 0.6 is 0 Å². The first-order valence-corrected chi connectivity index (χ1v) is 7.08. The van der Waals surface area contributed by atoms with Gasteiger partial charge in [0.15, 0.2) is 0 Å². The molecule has 0 saturated carbocycles. The van der Waals surface area contributed by atoms with E-state index in [1.165, 1.54) is 11.3 Å². The third-order valence-corrected chi connectivity index (χ3v) is 3.79. The number of aromatic nitrogens is 2. The van der Waals surface area contributed by atoms with Crippen LogP contribution in [0.25, 0.3) is 0 Å². The summed E-state index contributed by atoms with van der Waals surface area (Å²) in [6.07, 6.45) is 3.77. The summed E-state index contributed by atoms with van der Waals surface area (Å²) in [7, 11) is 0.